The third-order valence-electron chi connectivity index (χ3n) is 6.46. The summed E-state index contributed by atoms with van der Waals surface area (Å²) in [5.41, 5.74) is 8.59. The molecule has 37 heavy (non-hydrogen) atoms. The fourth-order valence-corrected chi connectivity index (χ4v) is 4.66. The van der Waals surface area contributed by atoms with Crippen LogP contribution < -0.4 is 10.5 Å². The molecule has 1 aliphatic heterocycles. The first-order valence-corrected chi connectivity index (χ1v) is 12.4. The molecule has 1 aliphatic rings. The Bertz CT molecular complexity index is 1410. The fraction of sp³-hybridized carbons (Fsp3) is 0.214. The van der Waals surface area contributed by atoms with Crippen LogP contribution in [0.2, 0.25) is 5.02 Å². The Morgan fingerprint density at radius 3 is 2.57 bits per heavy atom. The molecule has 2 amide bonds. The lowest BCUT2D eigenvalue weighted by Crippen LogP contribution is -2.60. The molecule has 188 valence electrons. The molecular formula is C28H26ClN5O3. The van der Waals surface area contributed by atoms with Crippen LogP contribution in [-0.2, 0) is 22.6 Å². The topological polar surface area (TPSA) is 102 Å². The van der Waals surface area contributed by atoms with Gasteiger partial charge in [-0.3, -0.25) is 9.59 Å². The lowest BCUT2D eigenvalue weighted by atomic mass is 10.0. The number of nitrogens with zero attached hydrogens (tertiary/aromatic N) is 4. The van der Waals surface area contributed by atoms with E-state index in [1.54, 1.807) is 34.1 Å². The van der Waals surface area contributed by atoms with Gasteiger partial charge in [0.15, 0.2) is 6.61 Å². The molecule has 1 fully saturated rings. The fourth-order valence-electron chi connectivity index (χ4n) is 4.53. The Hall–Kier alpha value is -4.17. The summed E-state index contributed by atoms with van der Waals surface area (Å²) in [4.78, 5) is 38.7. The van der Waals surface area contributed by atoms with Crippen molar-refractivity contribution in [3.05, 3.63) is 95.3 Å². The standard InChI is InChI=1S/C28H26ClN5O3/c29-21-7-9-22(10-8-21)37-17-26(35)34-13-12-33(28(36)25(34)15-19-4-2-1-3-5-19)16-20-6-11-23-24(14-20)31-18-32-27(23)30/h1-11,14,18,25H,12-13,15-17H2,(H2,30,31,32). The van der Waals surface area contributed by atoms with Crippen LogP contribution in [0.15, 0.2) is 79.1 Å². The number of nitrogen functional groups attached to an aromatic ring is 1. The monoisotopic (exact) mass is 515 g/mol. The number of ether oxygens (including phenoxy) is 1. The molecule has 0 bridgehead atoms. The molecule has 0 spiro atoms. The predicted octanol–water partition coefficient (Wildman–Crippen LogP) is 3.73. The van der Waals surface area contributed by atoms with Crippen molar-refractivity contribution >= 4 is 40.1 Å². The summed E-state index contributed by atoms with van der Waals surface area (Å²) in [6, 6.07) is 21.6. The summed E-state index contributed by atoms with van der Waals surface area (Å²) in [6.45, 7) is 1.08. The number of aromatic nitrogens is 2. The third-order valence-corrected chi connectivity index (χ3v) is 6.71. The summed E-state index contributed by atoms with van der Waals surface area (Å²) in [5, 5.41) is 1.36. The van der Waals surface area contributed by atoms with Gasteiger partial charge < -0.3 is 20.3 Å². The Balaban J connectivity index is 1.33. The zero-order valence-corrected chi connectivity index (χ0v) is 20.8. The van der Waals surface area contributed by atoms with E-state index < -0.39 is 6.04 Å². The lowest BCUT2D eigenvalue weighted by Gasteiger charge is -2.40. The molecule has 0 saturated carbocycles. The number of benzene rings is 3. The Morgan fingerprint density at radius 1 is 1.00 bits per heavy atom. The second-order valence-corrected chi connectivity index (χ2v) is 9.34. The number of carbonyl (C=O) groups is 2. The maximum Gasteiger partial charge on any atom is 0.261 e. The number of hydrogen-bond donors (Lipinski definition) is 1. The van der Waals surface area contributed by atoms with E-state index in [1.807, 2.05) is 48.5 Å². The highest BCUT2D eigenvalue weighted by atomic mass is 35.5. The number of fused-ring (bicyclic) bond motifs is 1. The molecule has 4 aromatic rings. The maximum atomic E-state index is 13.7. The summed E-state index contributed by atoms with van der Waals surface area (Å²) in [5.74, 6) is 0.630. The highest BCUT2D eigenvalue weighted by molar-refractivity contribution is 6.30. The van der Waals surface area contributed by atoms with Gasteiger partial charge in [0.2, 0.25) is 5.91 Å². The van der Waals surface area contributed by atoms with Crippen molar-refractivity contribution < 1.29 is 14.3 Å². The summed E-state index contributed by atoms with van der Waals surface area (Å²) < 4.78 is 5.69. The first-order chi connectivity index (χ1) is 18.0. The molecule has 9 heteroatoms. The van der Waals surface area contributed by atoms with Crippen LogP contribution in [0.25, 0.3) is 10.9 Å². The molecule has 1 unspecified atom stereocenters. The smallest absolute Gasteiger partial charge is 0.261 e. The van der Waals surface area contributed by atoms with Gasteiger partial charge in [-0.05, 0) is 47.5 Å². The van der Waals surface area contributed by atoms with E-state index in [-0.39, 0.29) is 18.4 Å². The summed E-state index contributed by atoms with van der Waals surface area (Å²) in [7, 11) is 0. The van der Waals surface area contributed by atoms with Gasteiger partial charge in [-0.2, -0.15) is 0 Å². The molecule has 1 aromatic heterocycles. The second-order valence-electron chi connectivity index (χ2n) is 8.91. The predicted molar refractivity (Wildman–Crippen MR) is 142 cm³/mol. The summed E-state index contributed by atoms with van der Waals surface area (Å²) >= 11 is 5.93. The quantitative estimate of drug-likeness (QED) is 0.402. The first kappa shape index (κ1) is 24.5. The van der Waals surface area contributed by atoms with Crippen LogP contribution in [0.3, 0.4) is 0 Å². The number of amides is 2. The van der Waals surface area contributed by atoms with Gasteiger partial charge in [-0.1, -0.05) is 48.0 Å². The molecule has 1 saturated heterocycles. The van der Waals surface area contributed by atoms with Crippen LogP contribution in [0, 0.1) is 0 Å². The van der Waals surface area contributed by atoms with Crippen LogP contribution in [0.4, 0.5) is 5.82 Å². The van der Waals surface area contributed by atoms with Gasteiger partial charge in [0.05, 0.1) is 5.52 Å². The number of anilines is 1. The number of piperazine rings is 1. The average Bonchev–Trinajstić information content (AvgIpc) is 2.91. The highest BCUT2D eigenvalue weighted by Crippen LogP contribution is 2.23. The van der Waals surface area contributed by atoms with Crippen molar-refractivity contribution in [2.45, 2.75) is 19.0 Å². The van der Waals surface area contributed by atoms with Gasteiger partial charge in [-0.25, -0.2) is 9.97 Å². The number of halogens is 1. The minimum absolute atomic E-state index is 0.0998. The number of nitrogens with two attached hydrogens (primary N) is 1. The molecule has 3 aromatic carbocycles. The van der Waals surface area contributed by atoms with Crippen molar-refractivity contribution in [3.8, 4) is 5.75 Å². The first-order valence-electron chi connectivity index (χ1n) is 12.0. The lowest BCUT2D eigenvalue weighted by molar-refractivity contribution is -0.153. The van der Waals surface area contributed by atoms with E-state index >= 15 is 0 Å². The largest absolute Gasteiger partial charge is 0.484 e. The van der Waals surface area contributed by atoms with Crippen LogP contribution >= 0.6 is 11.6 Å². The Kier molecular flexibility index (Phi) is 7.18. The van der Waals surface area contributed by atoms with Gasteiger partial charge in [0, 0.05) is 36.5 Å². The normalized spacial score (nSPS) is 15.7. The average molecular weight is 516 g/mol. The van der Waals surface area contributed by atoms with Gasteiger partial charge in [0.25, 0.3) is 5.91 Å². The second kappa shape index (κ2) is 10.8. The molecule has 1 atom stereocenters. The third kappa shape index (κ3) is 5.65. The Labute approximate surface area is 219 Å². The molecule has 8 nitrogen and oxygen atoms in total. The van der Waals surface area contributed by atoms with E-state index in [0.29, 0.717) is 42.6 Å². The van der Waals surface area contributed by atoms with E-state index in [2.05, 4.69) is 9.97 Å². The zero-order valence-electron chi connectivity index (χ0n) is 20.1. The van der Waals surface area contributed by atoms with E-state index in [0.717, 1.165) is 22.0 Å². The van der Waals surface area contributed by atoms with Crippen molar-refractivity contribution in [1.29, 1.82) is 0 Å². The Morgan fingerprint density at radius 2 is 1.78 bits per heavy atom. The van der Waals surface area contributed by atoms with Crippen molar-refractivity contribution in [2.75, 3.05) is 25.4 Å². The zero-order chi connectivity index (χ0) is 25.8. The van der Waals surface area contributed by atoms with E-state index in [1.165, 1.54) is 6.33 Å². The van der Waals surface area contributed by atoms with E-state index in [4.69, 9.17) is 22.1 Å². The molecule has 5 rings (SSSR count). The number of rotatable bonds is 7. The van der Waals surface area contributed by atoms with Crippen LogP contribution in [0.5, 0.6) is 5.75 Å². The van der Waals surface area contributed by atoms with Crippen molar-refractivity contribution in [3.63, 3.8) is 0 Å². The van der Waals surface area contributed by atoms with Gasteiger partial charge in [-0.15, -0.1) is 0 Å². The number of carbonyl (C=O) groups excluding carboxylic acids is 2. The maximum absolute atomic E-state index is 13.7. The molecule has 2 N–H and O–H groups in total. The molecule has 0 aliphatic carbocycles. The van der Waals surface area contributed by atoms with Crippen LogP contribution in [-0.4, -0.2) is 57.3 Å². The SMILES string of the molecule is Nc1ncnc2cc(CN3CCN(C(=O)COc4ccc(Cl)cc4)C(Cc4ccccc4)C3=O)ccc12. The van der Waals surface area contributed by atoms with Crippen LogP contribution in [0.1, 0.15) is 11.1 Å². The van der Waals surface area contributed by atoms with Crippen molar-refractivity contribution in [2.24, 2.45) is 0 Å². The molecular weight excluding hydrogens is 490 g/mol. The number of hydrogen-bond acceptors (Lipinski definition) is 6. The summed E-state index contributed by atoms with van der Waals surface area (Å²) in [6.07, 6.45) is 1.85. The molecule has 0 radical (unpaired) electrons. The van der Waals surface area contributed by atoms with Gasteiger partial charge >= 0.3 is 0 Å². The highest BCUT2D eigenvalue weighted by Gasteiger charge is 2.37. The molecule has 2 heterocycles. The minimum atomic E-state index is -0.629. The van der Waals surface area contributed by atoms with E-state index in [9.17, 15) is 9.59 Å². The van der Waals surface area contributed by atoms with Crippen molar-refractivity contribution in [1.82, 2.24) is 19.8 Å². The minimum Gasteiger partial charge on any atom is -0.484 e. The van der Waals surface area contributed by atoms with Gasteiger partial charge in [0.1, 0.15) is 23.9 Å².